The molecule has 3 aromatic rings. The van der Waals surface area contributed by atoms with Crippen molar-refractivity contribution in [3.63, 3.8) is 0 Å². The number of nitrogens with one attached hydrogen (secondary N) is 1. The molecule has 4 rings (SSSR count). The number of halogens is 1. The van der Waals surface area contributed by atoms with E-state index < -0.39 is 0 Å². The van der Waals surface area contributed by atoms with Crippen molar-refractivity contribution in [1.29, 1.82) is 0 Å². The number of pyridine rings is 1. The summed E-state index contributed by atoms with van der Waals surface area (Å²) in [5.41, 5.74) is 1.87. The van der Waals surface area contributed by atoms with E-state index in [4.69, 9.17) is 4.74 Å². The van der Waals surface area contributed by atoms with Gasteiger partial charge in [0.1, 0.15) is 5.82 Å². The number of carbonyl (C=O) groups is 1. The number of amides is 1. The predicted molar refractivity (Wildman–Crippen MR) is 101 cm³/mol. The van der Waals surface area contributed by atoms with E-state index in [1.165, 1.54) is 12.1 Å². The molecule has 1 aliphatic heterocycles. The predicted octanol–water partition coefficient (Wildman–Crippen LogP) is 1.54. The van der Waals surface area contributed by atoms with E-state index in [-0.39, 0.29) is 23.3 Å². The molecule has 2 aromatic heterocycles. The molecule has 8 heteroatoms. The fourth-order valence-corrected chi connectivity index (χ4v) is 3.45. The normalized spacial score (nSPS) is 16.5. The van der Waals surface area contributed by atoms with Crippen LogP contribution in [0.1, 0.15) is 12.0 Å². The average Bonchev–Trinajstić information content (AvgIpc) is 3.33. The third-order valence-electron chi connectivity index (χ3n) is 4.96. The van der Waals surface area contributed by atoms with E-state index in [0.717, 1.165) is 12.0 Å². The molecule has 3 heterocycles. The third kappa shape index (κ3) is 3.68. The lowest BCUT2D eigenvalue weighted by atomic mass is 10.1. The smallest absolute Gasteiger partial charge is 0.330 e. The van der Waals surface area contributed by atoms with Gasteiger partial charge >= 0.3 is 5.69 Å². The van der Waals surface area contributed by atoms with E-state index in [9.17, 15) is 14.0 Å². The van der Waals surface area contributed by atoms with Gasteiger partial charge in [-0.25, -0.2) is 14.2 Å². The van der Waals surface area contributed by atoms with Crippen LogP contribution in [0.5, 0.6) is 0 Å². The lowest BCUT2D eigenvalue weighted by Crippen LogP contribution is -2.35. The van der Waals surface area contributed by atoms with Crippen LogP contribution >= 0.6 is 0 Å². The van der Waals surface area contributed by atoms with Crippen molar-refractivity contribution < 1.29 is 13.9 Å². The van der Waals surface area contributed by atoms with Crippen molar-refractivity contribution in [2.24, 2.45) is 5.92 Å². The monoisotopic (exact) mass is 384 g/mol. The molecule has 0 unspecified atom stereocenters. The molecule has 1 N–H and O–H groups in total. The van der Waals surface area contributed by atoms with Crippen LogP contribution in [0.25, 0.3) is 11.2 Å². The molecule has 0 radical (unpaired) electrons. The number of hydrogen-bond acceptors (Lipinski definition) is 4. The Morgan fingerprint density at radius 1 is 1.25 bits per heavy atom. The van der Waals surface area contributed by atoms with Gasteiger partial charge in [-0.05, 0) is 36.2 Å². The van der Waals surface area contributed by atoms with Gasteiger partial charge in [0, 0.05) is 25.9 Å². The maximum atomic E-state index is 13.2. The molecule has 7 nitrogen and oxygen atoms in total. The van der Waals surface area contributed by atoms with Gasteiger partial charge in [-0.1, -0.05) is 12.1 Å². The first-order valence-electron chi connectivity index (χ1n) is 9.27. The van der Waals surface area contributed by atoms with Gasteiger partial charge in [0.25, 0.3) is 0 Å². The SMILES string of the molecule is O=C(NCCn1c(=O)n(Cc2ccc(F)cc2)c2cccnc21)[C@@H]1CCOC1. The maximum absolute atomic E-state index is 13.2. The Morgan fingerprint density at radius 3 is 2.82 bits per heavy atom. The number of rotatable bonds is 6. The Hall–Kier alpha value is -3.00. The summed E-state index contributed by atoms with van der Waals surface area (Å²) < 4.78 is 21.6. The molecule has 0 spiro atoms. The fourth-order valence-electron chi connectivity index (χ4n) is 3.45. The zero-order valence-corrected chi connectivity index (χ0v) is 15.3. The molecular weight excluding hydrogens is 363 g/mol. The van der Waals surface area contributed by atoms with Gasteiger partial charge in [-0.3, -0.25) is 13.9 Å². The number of nitrogens with zero attached hydrogens (tertiary/aromatic N) is 3. The van der Waals surface area contributed by atoms with Crippen LogP contribution in [0, 0.1) is 11.7 Å². The molecular formula is C20H21FN4O3. The van der Waals surface area contributed by atoms with Crippen LogP contribution in [0.15, 0.2) is 47.4 Å². The summed E-state index contributed by atoms with van der Waals surface area (Å²) in [4.78, 5) is 29.4. The number of hydrogen-bond donors (Lipinski definition) is 1. The number of aromatic nitrogens is 3. The summed E-state index contributed by atoms with van der Waals surface area (Å²) in [5, 5.41) is 2.87. The van der Waals surface area contributed by atoms with Crippen LogP contribution in [-0.4, -0.2) is 39.8 Å². The standard InChI is InChI=1S/C20H21FN4O3/c21-16-5-3-14(4-6-16)12-25-17-2-1-8-22-18(17)24(20(25)27)10-9-23-19(26)15-7-11-28-13-15/h1-6,8,15H,7,9-13H2,(H,23,26)/t15-/m1/s1. The summed E-state index contributed by atoms with van der Waals surface area (Å²) in [5.74, 6) is -0.480. The summed E-state index contributed by atoms with van der Waals surface area (Å²) >= 11 is 0. The van der Waals surface area contributed by atoms with Gasteiger partial charge in [0.05, 0.1) is 24.6 Å². The van der Waals surface area contributed by atoms with E-state index in [2.05, 4.69) is 10.3 Å². The van der Waals surface area contributed by atoms with Crippen LogP contribution < -0.4 is 11.0 Å². The highest BCUT2D eigenvalue weighted by atomic mass is 19.1. The van der Waals surface area contributed by atoms with E-state index in [0.29, 0.717) is 44.0 Å². The third-order valence-corrected chi connectivity index (χ3v) is 4.96. The van der Waals surface area contributed by atoms with Gasteiger partial charge in [0.15, 0.2) is 5.65 Å². The lowest BCUT2D eigenvalue weighted by molar-refractivity contribution is -0.124. The van der Waals surface area contributed by atoms with Crippen LogP contribution in [0.3, 0.4) is 0 Å². The fraction of sp³-hybridized carbons (Fsp3) is 0.350. The Balaban J connectivity index is 1.54. The minimum Gasteiger partial charge on any atom is -0.381 e. The molecule has 0 saturated carbocycles. The molecule has 1 atom stereocenters. The highest BCUT2D eigenvalue weighted by Gasteiger charge is 2.23. The molecule has 1 amide bonds. The first-order valence-corrected chi connectivity index (χ1v) is 9.27. The summed E-state index contributed by atoms with van der Waals surface area (Å²) in [6.07, 6.45) is 2.36. The number of imidazole rings is 1. The Morgan fingerprint density at radius 2 is 2.07 bits per heavy atom. The highest BCUT2D eigenvalue weighted by molar-refractivity contribution is 5.79. The van der Waals surface area contributed by atoms with Gasteiger partial charge in [-0.2, -0.15) is 0 Å². The zero-order chi connectivity index (χ0) is 19.5. The lowest BCUT2D eigenvalue weighted by Gasteiger charge is -2.09. The number of ether oxygens (including phenoxy) is 1. The topological polar surface area (TPSA) is 78.2 Å². The maximum Gasteiger partial charge on any atom is 0.330 e. The summed E-state index contributed by atoms with van der Waals surface area (Å²) in [6, 6.07) is 9.67. The molecule has 1 saturated heterocycles. The second-order valence-corrected chi connectivity index (χ2v) is 6.84. The van der Waals surface area contributed by atoms with Crippen molar-refractivity contribution in [1.82, 2.24) is 19.4 Å². The molecule has 0 aliphatic carbocycles. The van der Waals surface area contributed by atoms with Crippen molar-refractivity contribution in [2.75, 3.05) is 19.8 Å². The zero-order valence-electron chi connectivity index (χ0n) is 15.3. The van der Waals surface area contributed by atoms with Crippen molar-refractivity contribution in [3.05, 3.63) is 64.5 Å². The minimum atomic E-state index is -0.316. The van der Waals surface area contributed by atoms with E-state index in [1.54, 1.807) is 33.5 Å². The number of benzene rings is 1. The van der Waals surface area contributed by atoms with E-state index in [1.807, 2.05) is 6.07 Å². The van der Waals surface area contributed by atoms with Crippen LogP contribution in [0.2, 0.25) is 0 Å². The largest absolute Gasteiger partial charge is 0.381 e. The average molecular weight is 384 g/mol. The quantitative estimate of drug-likeness (QED) is 0.699. The van der Waals surface area contributed by atoms with Crippen LogP contribution in [-0.2, 0) is 22.6 Å². The van der Waals surface area contributed by atoms with Gasteiger partial charge in [0.2, 0.25) is 5.91 Å². The summed E-state index contributed by atoms with van der Waals surface area (Å²) in [7, 11) is 0. The molecule has 1 fully saturated rings. The van der Waals surface area contributed by atoms with Crippen molar-refractivity contribution >= 4 is 17.1 Å². The second-order valence-electron chi connectivity index (χ2n) is 6.84. The number of fused-ring (bicyclic) bond motifs is 1. The Kier molecular flexibility index (Phi) is 5.21. The molecule has 146 valence electrons. The summed E-state index contributed by atoms with van der Waals surface area (Å²) in [6.45, 7) is 2.03. The molecule has 28 heavy (non-hydrogen) atoms. The van der Waals surface area contributed by atoms with Crippen molar-refractivity contribution in [2.45, 2.75) is 19.5 Å². The Bertz CT molecular complexity index is 1040. The minimum absolute atomic E-state index is 0.0476. The number of carbonyl (C=O) groups excluding carboxylic acids is 1. The van der Waals surface area contributed by atoms with Crippen LogP contribution in [0.4, 0.5) is 4.39 Å². The molecule has 1 aliphatic rings. The first kappa shape index (κ1) is 18.4. The Labute approximate surface area is 160 Å². The second kappa shape index (κ2) is 7.93. The highest BCUT2D eigenvalue weighted by Crippen LogP contribution is 2.14. The molecule has 0 bridgehead atoms. The van der Waals surface area contributed by atoms with E-state index >= 15 is 0 Å². The van der Waals surface area contributed by atoms with Gasteiger partial charge in [-0.15, -0.1) is 0 Å². The van der Waals surface area contributed by atoms with Gasteiger partial charge < -0.3 is 10.1 Å². The van der Waals surface area contributed by atoms with Crippen molar-refractivity contribution in [3.8, 4) is 0 Å². The molecule has 1 aromatic carbocycles. The first-order chi connectivity index (χ1) is 13.6.